The van der Waals surface area contributed by atoms with Crippen molar-refractivity contribution in [3.05, 3.63) is 106 Å². The van der Waals surface area contributed by atoms with Crippen LogP contribution in [0.4, 0.5) is 5.69 Å². The van der Waals surface area contributed by atoms with Crippen molar-refractivity contribution in [1.82, 2.24) is 15.1 Å². The number of nitrogens with zero attached hydrogens (tertiary/aromatic N) is 3. The summed E-state index contributed by atoms with van der Waals surface area (Å²) in [5, 5.41) is 14.0. The highest BCUT2D eigenvalue weighted by atomic mass is 16.6. The number of methoxy groups -OCH3 is 1. The fourth-order valence-electron chi connectivity index (χ4n) is 5.27. The number of nitrogens with two attached hydrogens (primary N) is 1. The Labute approximate surface area is 240 Å². The summed E-state index contributed by atoms with van der Waals surface area (Å²) in [6, 6.07) is 23.1. The van der Waals surface area contributed by atoms with Gasteiger partial charge in [-0.2, -0.15) is 0 Å². The topological polar surface area (TPSA) is 131 Å². The van der Waals surface area contributed by atoms with Gasteiger partial charge in [-0.1, -0.05) is 48.5 Å². The summed E-state index contributed by atoms with van der Waals surface area (Å²) < 4.78 is 5.30. The van der Waals surface area contributed by atoms with E-state index < -0.39 is 11.0 Å². The number of carbonyl (C=O) groups excluding carboxylic acids is 2. The van der Waals surface area contributed by atoms with Gasteiger partial charge in [0.1, 0.15) is 11.8 Å². The van der Waals surface area contributed by atoms with Crippen LogP contribution < -0.4 is 15.8 Å². The number of hydrogen-bond acceptors (Lipinski definition) is 7. The Balaban J connectivity index is 1.58. The molecule has 1 fully saturated rings. The predicted octanol–water partition coefficient (Wildman–Crippen LogP) is 3.40. The molecule has 1 saturated heterocycles. The minimum absolute atomic E-state index is 0.0110. The number of nitro benzene ring substituents is 1. The molecular weight excluding hydrogens is 522 g/mol. The summed E-state index contributed by atoms with van der Waals surface area (Å²) in [7, 11) is 1.55. The van der Waals surface area contributed by atoms with Crippen LogP contribution in [0.1, 0.15) is 34.3 Å². The molecule has 1 unspecified atom stereocenters. The van der Waals surface area contributed by atoms with Crippen molar-refractivity contribution in [2.45, 2.75) is 37.9 Å². The molecule has 0 saturated carbocycles. The molecule has 2 amide bonds. The Morgan fingerprint density at radius 2 is 1.83 bits per heavy atom. The molecule has 10 nitrogen and oxygen atoms in total. The second-order valence-corrected chi connectivity index (χ2v) is 10.1. The van der Waals surface area contributed by atoms with Gasteiger partial charge in [0.25, 0.3) is 11.6 Å². The van der Waals surface area contributed by atoms with Gasteiger partial charge in [0, 0.05) is 56.5 Å². The third kappa shape index (κ3) is 7.90. The first-order valence-electron chi connectivity index (χ1n) is 13.8. The molecule has 0 spiro atoms. The first kappa shape index (κ1) is 29.7. The zero-order chi connectivity index (χ0) is 29.2. The maximum Gasteiger partial charge on any atom is 0.269 e. The lowest BCUT2D eigenvalue weighted by atomic mass is 9.93. The molecule has 0 aromatic heterocycles. The number of piperidine rings is 1. The van der Waals surface area contributed by atoms with Gasteiger partial charge in [-0.15, -0.1) is 0 Å². The first-order chi connectivity index (χ1) is 19.9. The van der Waals surface area contributed by atoms with E-state index in [-0.39, 0.29) is 23.5 Å². The van der Waals surface area contributed by atoms with Gasteiger partial charge in [-0.05, 0) is 48.6 Å². The molecule has 1 heterocycles. The summed E-state index contributed by atoms with van der Waals surface area (Å²) in [5.41, 5.74) is 8.31. The SMILES string of the molecule is COc1cccc(C(=O)N2CCC(N(CCc3ccccc3)Cc3ccc([N+](=O)[O-])cc3)C[C@@H]2C(=O)NCCN)c1. The molecule has 4 rings (SSSR count). The number of likely N-dealkylation sites (tertiary alicyclic amines) is 1. The van der Waals surface area contributed by atoms with Crippen LogP contribution in [0.25, 0.3) is 0 Å². The smallest absolute Gasteiger partial charge is 0.269 e. The fourth-order valence-corrected chi connectivity index (χ4v) is 5.27. The molecule has 0 aliphatic carbocycles. The maximum atomic E-state index is 13.6. The average Bonchev–Trinajstić information content (AvgIpc) is 3.02. The molecule has 3 N–H and O–H groups in total. The lowest BCUT2D eigenvalue weighted by Gasteiger charge is -2.43. The van der Waals surface area contributed by atoms with Gasteiger partial charge in [-0.3, -0.25) is 24.6 Å². The maximum absolute atomic E-state index is 13.6. The number of ether oxygens (including phenoxy) is 1. The molecule has 1 aliphatic rings. The molecule has 3 aromatic carbocycles. The summed E-state index contributed by atoms with van der Waals surface area (Å²) in [4.78, 5) is 41.7. The van der Waals surface area contributed by atoms with Crippen molar-refractivity contribution >= 4 is 17.5 Å². The highest BCUT2D eigenvalue weighted by molar-refractivity contribution is 5.98. The van der Waals surface area contributed by atoms with Crippen LogP contribution in [0.15, 0.2) is 78.9 Å². The van der Waals surface area contributed by atoms with E-state index in [2.05, 4.69) is 22.3 Å². The fraction of sp³-hybridized carbons (Fsp3) is 0.355. The second-order valence-electron chi connectivity index (χ2n) is 10.1. The Kier molecular flexibility index (Phi) is 10.4. The Bertz CT molecular complexity index is 1320. The minimum Gasteiger partial charge on any atom is -0.497 e. The number of nitrogens with one attached hydrogen (secondary N) is 1. The van der Waals surface area contributed by atoms with Crippen LogP contribution >= 0.6 is 0 Å². The Morgan fingerprint density at radius 3 is 2.51 bits per heavy atom. The van der Waals surface area contributed by atoms with Crippen LogP contribution in [-0.4, -0.2) is 71.9 Å². The zero-order valence-electron chi connectivity index (χ0n) is 23.3. The van der Waals surface area contributed by atoms with E-state index in [1.807, 2.05) is 18.2 Å². The summed E-state index contributed by atoms with van der Waals surface area (Å²) in [6.07, 6.45) is 1.94. The van der Waals surface area contributed by atoms with Crippen LogP contribution in [-0.2, 0) is 17.8 Å². The number of carbonyl (C=O) groups is 2. The Morgan fingerprint density at radius 1 is 1.07 bits per heavy atom. The van der Waals surface area contributed by atoms with Crippen molar-refractivity contribution in [2.24, 2.45) is 5.73 Å². The monoisotopic (exact) mass is 559 g/mol. The highest BCUT2D eigenvalue weighted by Gasteiger charge is 2.38. The lowest BCUT2D eigenvalue weighted by molar-refractivity contribution is -0.384. The van der Waals surface area contributed by atoms with E-state index in [0.29, 0.717) is 50.3 Å². The van der Waals surface area contributed by atoms with Crippen LogP contribution in [0.2, 0.25) is 0 Å². The van der Waals surface area contributed by atoms with Gasteiger partial charge in [0.05, 0.1) is 12.0 Å². The van der Waals surface area contributed by atoms with Gasteiger partial charge in [0.2, 0.25) is 5.91 Å². The largest absolute Gasteiger partial charge is 0.497 e. The van der Waals surface area contributed by atoms with Gasteiger partial charge >= 0.3 is 0 Å². The van der Waals surface area contributed by atoms with E-state index in [9.17, 15) is 19.7 Å². The van der Waals surface area contributed by atoms with Crippen molar-refractivity contribution in [1.29, 1.82) is 0 Å². The Hall–Kier alpha value is -4.28. The van der Waals surface area contributed by atoms with E-state index in [4.69, 9.17) is 10.5 Å². The number of non-ortho nitro benzene ring substituents is 1. The predicted molar refractivity (Wildman–Crippen MR) is 157 cm³/mol. The molecule has 41 heavy (non-hydrogen) atoms. The van der Waals surface area contributed by atoms with E-state index in [1.54, 1.807) is 48.4 Å². The van der Waals surface area contributed by atoms with Crippen LogP contribution in [0.5, 0.6) is 5.75 Å². The average molecular weight is 560 g/mol. The van der Waals surface area contributed by atoms with Crippen molar-refractivity contribution in [3.63, 3.8) is 0 Å². The zero-order valence-corrected chi connectivity index (χ0v) is 23.3. The molecule has 1 aliphatic heterocycles. The van der Waals surface area contributed by atoms with E-state index in [0.717, 1.165) is 18.5 Å². The molecule has 216 valence electrons. The molecule has 0 radical (unpaired) electrons. The second kappa shape index (κ2) is 14.4. The normalized spacial score (nSPS) is 16.8. The van der Waals surface area contributed by atoms with E-state index >= 15 is 0 Å². The summed E-state index contributed by atoms with van der Waals surface area (Å²) in [5.74, 6) is 0.126. The lowest BCUT2D eigenvalue weighted by Crippen LogP contribution is -2.57. The molecule has 3 aromatic rings. The minimum atomic E-state index is -0.671. The number of hydrogen-bond donors (Lipinski definition) is 2. The van der Waals surface area contributed by atoms with Gasteiger partial charge in [-0.25, -0.2) is 0 Å². The third-order valence-corrected chi connectivity index (χ3v) is 7.48. The number of amides is 2. The quantitative estimate of drug-likeness (QED) is 0.257. The third-order valence-electron chi connectivity index (χ3n) is 7.48. The highest BCUT2D eigenvalue weighted by Crippen LogP contribution is 2.27. The first-order valence-corrected chi connectivity index (χ1v) is 13.8. The van der Waals surface area contributed by atoms with Gasteiger partial charge < -0.3 is 20.7 Å². The van der Waals surface area contributed by atoms with Crippen molar-refractivity contribution < 1.29 is 19.2 Å². The number of nitro groups is 1. The molecule has 2 atom stereocenters. The number of benzene rings is 3. The van der Waals surface area contributed by atoms with Crippen LogP contribution in [0.3, 0.4) is 0 Å². The molecule has 0 bridgehead atoms. The van der Waals surface area contributed by atoms with Crippen molar-refractivity contribution in [2.75, 3.05) is 33.3 Å². The van der Waals surface area contributed by atoms with Crippen molar-refractivity contribution in [3.8, 4) is 5.75 Å². The number of rotatable bonds is 12. The summed E-state index contributed by atoms with van der Waals surface area (Å²) >= 11 is 0. The summed E-state index contributed by atoms with van der Waals surface area (Å²) in [6.45, 7) is 2.32. The van der Waals surface area contributed by atoms with E-state index in [1.165, 1.54) is 17.7 Å². The standard InChI is InChI=1S/C31H37N5O5/c1-41-28-9-5-8-25(20-28)31(38)35-19-15-27(21-29(35)30(37)33-17-16-32)34(18-14-23-6-3-2-4-7-23)22-24-10-12-26(13-11-24)36(39)40/h2-13,20,27,29H,14-19,21-22,32H2,1H3,(H,33,37)/t27?,29-/m1/s1. The van der Waals surface area contributed by atoms with Gasteiger partial charge in [0.15, 0.2) is 0 Å². The molecule has 10 heteroatoms. The van der Waals surface area contributed by atoms with Crippen LogP contribution in [0, 0.1) is 10.1 Å². The molecular formula is C31H37N5O5.